The van der Waals surface area contributed by atoms with E-state index in [-0.39, 0.29) is 47.9 Å². The van der Waals surface area contributed by atoms with Gasteiger partial charge in [0.1, 0.15) is 24.1 Å². The quantitative estimate of drug-likeness (QED) is 0.0920. The number of nitrogens with one attached hydrogen (secondary N) is 5. The van der Waals surface area contributed by atoms with Gasteiger partial charge < -0.3 is 45.5 Å². The molecule has 5 aromatic rings. The molecule has 2 saturated heterocycles. The number of benzene rings is 4. The van der Waals surface area contributed by atoms with Crippen LogP contribution in [0.2, 0.25) is 0 Å². The summed E-state index contributed by atoms with van der Waals surface area (Å²) in [6, 6.07) is 28.9. The van der Waals surface area contributed by atoms with Crippen molar-refractivity contribution in [3.8, 4) is 22.4 Å². The van der Waals surface area contributed by atoms with Crippen molar-refractivity contribution >= 4 is 40.5 Å². The zero-order chi connectivity index (χ0) is 43.8. The maximum Gasteiger partial charge on any atom is 0.407 e. The number of H-pyrrole nitrogens is 1. The fraction of sp³-hybridized carbons (Fsp3) is 0.367. The number of hydrogen-bond acceptors (Lipinski definition) is 9. The lowest BCUT2D eigenvalue weighted by Crippen LogP contribution is -2.57. The fourth-order valence-corrected chi connectivity index (χ4v) is 10.1. The second-order valence-electron chi connectivity index (χ2n) is 17.4. The molecule has 4 amide bonds. The lowest BCUT2D eigenvalue weighted by molar-refractivity contribution is -0.138. The number of hydrogen-bond donors (Lipinski definition) is 5. The van der Waals surface area contributed by atoms with E-state index in [0.717, 1.165) is 82.3 Å². The number of rotatable bonds is 11. The number of carbonyl (C=O) groups is 4. The van der Waals surface area contributed by atoms with Crippen LogP contribution in [0.25, 0.3) is 38.9 Å². The molecule has 1 aliphatic carbocycles. The monoisotopic (exact) mass is 850 g/mol. The Bertz CT molecular complexity index is 2540. The SMILES string of the molecule is COC(=O)N[C@H](C(=O)N1CCC[C@H]1C1NC=C(c2ccc3cc(-c4ccc(-c5cnc([C@@H]6[C@@H]7CC[C@@H](C7)N6C(=O)[C@H](NC(=O)OC)c6ccccc6)[nH]5)cc4)ccc3c2)N1)C(C)C. The van der Waals surface area contributed by atoms with Crippen molar-refractivity contribution in [3.63, 3.8) is 0 Å². The predicted octanol–water partition coefficient (Wildman–Crippen LogP) is 7.24. The Hall–Kier alpha value is -6.83. The van der Waals surface area contributed by atoms with E-state index in [0.29, 0.717) is 12.1 Å². The Morgan fingerprint density at radius 3 is 2.19 bits per heavy atom. The van der Waals surface area contributed by atoms with Gasteiger partial charge in [-0.1, -0.05) is 92.7 Å². The lowest BCUT2D eigenvalue weighted by atomic mass is 9.96. The molecule has 9 rings (SSSR count). The van der Waals surface area contributed by atoms with E-state index in [9.17, 15) is 19.2 Å². The van der Waals surface area contributed by atoms with Gasteiger partial charge in [-0.05, 0) is 94.7 Å². The molecule has 14 heteroatoms. The van der Waals surface area contributed by atoms with Crippen molar-refractivity contribution < 1.29 is 28.7 Å². The van der Waals surface area contributed by atoms with Crippen LogP contribution in [0.1, 0.15) is 75.0 Å². The Balaban J connectivity index is 0.866. The fourth-order valence-electron chi connectivity index (χ4n) is 10.1. The Labute approximate surface area is 366 Å². The molecule has 14 nitrogen and oxygen atoms in total. The number of alkyl carbamates (subject to hydrolysis) is 2. The molecule has 0 spiro atoms. The summed E-state index contributed by atoms with van der Waals surface area (Å²) < 4.78 is 9.68. The predicted molar refractivity (Wildman–Crippen MR) is 239 cm³/mol. The van der Waals surface area contributed by atoms with Crippen LogP contribution >= 0.6 is 0 Å². The first-order valence-electron chi connectivity index (χ1n) is 21.9. The number of aromatic amines is 1. The highest BCUT2D eigenvalue weighted by Gasteiger charge is 2.51. The van der Waals surface area contributed by atoms with Gasteiger partial charge in [0, 0.05) is 18.8 Å². The van der Waals surface area contributed by atoms with Gasteiger partial charge in [-0.15, -0.1) is 0 Å². The molecular weight excluding hydrogens is 797 g/mol. The number of methoxy groups -OCH3 is 2. The summed E-state index contributed by atoms with van der Waals surface area (Å²) >= 11 is 0. The second kappa shape index (κ2) is 17.5. The zero-order valence-corrected chi connectivity index (χ0v) is 36.0. The van der Waals surface area contributed by atoms with Crippen molar-refractivity contribution in [1.82, 2.24) is 41.0 Å². The number of nitrogens with zero attached hydrogens (tertiary/aromatic N) is 3. The highest BCUT2D eigenvalue weighted by molar-refractivity contribution is 5.91. The molecule has 2 bridgehead atoms. The van der Waals surface area contributed by atoms with E-state index in [1.54, 1.807) is 0 Å². The van der Waals surface area contributed by atoms with Crippen LogP contribution in [0.15, 0.2) is 103 Å². The number of amides is 4. The van der Waals surface area contributed by atoms with Gasteiger partial charge >= 0.3 is 12.2 Å². The minimum absolute atomic E-state index is 0.0726. The van der Waals surface area contributed by atoms with E-state index in [4.69, 9.17) is 14.5 Å². The van der Waals surface area contributed by atoms with Crippen LogP contribution in [0, 0.1) is 11.8 Å². The van der Waals surface area contributed by atoms with Gasteiger partial charge in [0.25, 0.3) is 5.91 Å². The van der Waals surface area contributed by atoms with Crippen LogP contribution in [-0.4, -0.2) is 88.8 Å². The van der Waals surface area contributed by atoms with Gasteiger partial charge in [0.15, 0.2) is 0 Å². The molecular formula is C49H54N8O6. The summed E-state index contributed by atoms with van der Waals surface area (Å²) in [7, 11) is 2.60. The minimum Gasteiger partial charge on any atom is -0.453 e. The van der Waals surface area contributed by atoms with Gasteiger partial charge in [-0.2, -0.15) is 0 Å². The topological polar surface area (TPSA) is 170 Å². The number of likely N-dealkylation sites (tertiary alicyclic amines) is 2. The van der Waals surface area contributed by atoms with Crippen molar-refractivity contribution in [2.75, 3.05) is 20.8 Å². The van der Waals surface area contributed by atoms with Crippen molar-refractivity contribution in [2.24, 2.45) is 11.8 Å². The third kappa shape index (κ3) is 8.17. The second-order valence-corrected chi connectivity index (χ2v) is 17.4. The Kier molecular flexibility index (Phi) is 11.5. The maximum absolute atomic E-state index is 14.3. The van der Waals surface area contributed by atoms with Crippen LogP contribution < -0.4 is 21.3 Å². The van der Waals surface area contributed by atoms with Crippen molar-refractivity contribution in [3.05, 3.63) is 120 Å². The normalized spacial score (nSPS) is 22.3. The average Bonchev–Trinajstić information content (AvgIpc) is 4.18. The molecule has 5 N–H and O–H groups in total. The van der Waals surface area contributed by atoms with E-state index in [1.807, 2.05) is 66.4 Å². The molecule has 7 atom stereocenters. The largest absolute Gasteiger partial charge is 0.453 e. The first kappa shape index (κ1) is 41.5. The number of imidazole rings is 1. The lowest BCUT2D eigenvalue weighted by Gasteiger charge is -2.36. The van der Waals surface area contributed by atoms with Gasteiger partial charge in [0.05, 0.1) is 43.9 Å². The molecule has 1 unspecified atom stereocenters. The smallest absolute Gasteiger partial charge is 0.407 e. The number of piperidine rings is 1. The van der Waals surface area contributed by atoms with Crippen LogP contribution in [0.5, 0.6) is 0 Å². The standard InChI is InChI=1S/C49H54N8O6/c1-28(2)41(54-48(60)62-3)46(58)56-22-8-11-40(56)44-50-27-39(52-44)35-19-18-33-23-32(16-17-34(33)24-35)29-12-14-30(15-13-29)38-26-51-45(53-38)43-36-20-21-37(25-36)57(43)47(59)42(55-49(61)63-4)31-9-6-5-7-10-31/h5-7,9-10,12-19,23-24,26-28,36-37,40-44,50,52H,8,11,20-22,25H2,1-4H3,(H,51,53)(H,54,60)(H,55,61)/t36-,37+,40+,41+,42-,43+,44?/m1/s1. The molecule has 4 heterocycles. The molecule has 0 radical (unpaired) electrons. The summed E-state index contributed by atoms with van der Waals surface area (Å²) in [5.74, 6) is 0.683. The van der Waals surface area contributed by atoms with Gasteiger partial charge in [0.2, 0.25) is 5.91 Å². The van der Waals surface area contributed by atoms with Crippen LogP contribution in [0.3, 0.4) is 0 Å². The molecule has 1 aromatic heterocycles. The third-order valence-electron chi connectivity index (χ3n) is 13.3. The molecule has 4 aromatic carbocycles. The molecule has 4 aliphatic rings. The Morgan fingerprint density at radius 1 is 0.778 bits per heavy atom. The highest BCUT2D eigenvalue weighted by Crippen LogP contribution is 2.50. The molecule has 326 valence electrons. The molecule has 1 saturated carbocycles. The van der Waals surface area contributed by atoms with Crippen molar-refractivity contribution in [1.29, 1.82) is 0 Å². The van der Waals surface area contributed by atoms with Crippen LogP contribution in [0.4, 0.5) is 9.59 Å². The first-order valence-corrected chi connectivity index (χ1v) is 21.9. The summed E-state index contributed by atoms with van der Waals surface area (Å²) in [4.78, 5) is 64.6. The maximum atomic E-state index is 14.3. The Morgan fingerprint density at radius 2 is 1.46 bits per heavy atom. The summed E-state index contributed by atoms with van der Waals surface area (Å²) in [5, 5.41) is 14.8. The number of fused-ring (bicyclic) bond motifs is 3. The number of aromatic nitrogens is 2. The van der Waals surface area contributed by atoms with E-state index in [2.05, 4.69) is 86.9 Å². The minimum atomic E-state index is -0.872. The molecule has 3 aliphatic heterocycles. The summed E-state index contributed by atoms with van der Waals surface area (Å²) in [5.41, 5.74) is 6.76. The van der Waals surface area contributed by atoms with E-state index < -0.39 is 24.3 Å². The van der Waals surface area contributed by atoms with E-state index in [1.165, 1.54) is 14.2 Å². The zero-order valence-electron chi connectivity index (χ0n) is 36.0. The highest BCUT2D eigenvalue weighted by atomic mass is 16.5. The van der Waals surface area contributed by atoms with E-state index >= 15 is 0 Å². The first-order chi connectivity index (χ1) is 30.6. The number of carbonyl (C=O) groups excluding carboxylic acids is 4. The van der Waals surface area contributed by atoms with Crippen molar-refractivity contribution in [2.45, 2.75) is 82.3 Å². The van der Waals surface area contributed by atoms with Gasteiger partial charge in [-0.3, -0.25) is 9.59 Å². The molecule has 63 heavy (non-hydrogen) atoms. The summed E-state index contributed by atoms with van der Waals surface area (Å²) in [6.45, 7) is 4.47. The summed E-state index contributed by atoms with van der Waals surface area (Å²) in [6.07, 6.45) is 7.00. The third-order valence-corrected chi connectivity index (χ3v) is 13.3. The molecule has 3 fully saturated rings. The average molecular weight is 851 g/mol. The van der Waals surface area contributed by atoms with Crippen LogP contribution in [-0.2, 0) is 19.1 Å². The number of ether oxygens (including phenoxy) is 2. The van der Waals surface area contributed by atoms with Gasteiger partial charge in [-0.25, -0.2) is 14.6 Å².